The predicted octanol–water partition coefficient (Wildman–Crippen LogP) is 4.53. The van der Waals surface area contributed by atoms with Crippen molar-refractivity contribution in [3.63, 3.8) is 0 Å². The van der Waals surface area contributed by atoms with Crippen molar-refractivity contribution in [3.8, 4) is 0 Å². The van der Waals surface area contributed by atoms with Crippen LogP contribution in [0, 0.1) is 17.8 Å². The molecule has 3 aliphatic carbocycles. The summed E-state index contributed by atoms with van der Waals surface area (Å²) in [6.07, 6.45) is 22.4. The van der Waals surface area contributed by atoms with Crippen molar-refractivity contribution in [2.24, 2.45) is 17.8 Å². The highest BCUT2D eigenvalue weighted by Crippen LogP contribution is 2.47. The first kappa shape index (κ1) is 17.3. The van der Waals surface area contributed by atoms with Crippen LogP contribution in [0.25, 0.3) is 0 Å². The molecule has 124 valence electrons. The standard InChI is InChI=1S/C19H35N.H2O/c20-19(16-10-4-1-5-11-16,17-12-6-2-7-13-17)18-14-8-3-9-15-18;/h16-18H,1-15,20H2;1H2. The molecule has 3 fully saturated rings. The van der Waals surface area contributed by atoms with Crippen molar-refractivity contribution in [2.45, 2.75) is 102 Å². The fourth-order valence-electron chi connectivity index (χ4n) is 5.92. The topological polar surface area (TPSA) is 57.6 Å². The minimum absolute atomic E-state index is 0. The van der Waals surface area contributed by atoms with Crippen molar-refractivity contribution in [1.29, 1.82) is 0 Å². The molecule has 3 aliphatic rings. The fraction of sp³-hybridized carbons (Fsp3) is 1.00. The van der Waals surface area contributed by atoms with Gasteiger partial charge in [-0.25, -0.2) is 0 Å². The summed E-state index contributed by atoms with van der Waals surface area (Å²) in [5, 5.41) is 0. The highest BCUT2D eigenvalue weighted by atomic mass is 16.0. The molecule has 4 N–H and O–H groups in total. The minimum atomic E-state index is 0. The Labute approximate surface area is 131 Å². The van der Waals surface area contributed by atoms with Gasteiger partial charge in [0.25, 0.3) is 0 Å². The Morgan fingerprint density at radius 1 is 0.476 bits per heavy atom. The molecule has 0 bridgehead atoms. The smallest absolute Gasteiger partial charge is 0.103 e. The first-order valence-electron chi connectivity index (χ1n) is 9.67. The highest BCUT2D eigenvalue weighted by Gasteiger charge is 2.51. The molecule has 0 spiro atoms. The molecule has 0 aromatic carbocycles. The first-order chi connectivity index (χ1) is 9.82. The van der Waals surface area contributed by atoms with Crippen LogP contribution in [0.1, 0.15) is 96.3 Å². The van der Waals surface area contributed by atoms with Gasteiger partial charge >= 0.3 is 0 Å². The second kappa shape index (κ2) is 7.97. The molecule has 3 saturated carbocycles. The summed E-state index contributed by atoms with van der Waals surface area (Å²) in [5.41, 5.74) is 5.50. The summed E-state index contributed by atoms with van der Waals surface area (Å²) < 4.78 is 0. The molecule has 2 nitrogen and oxygen atoms in total. The van der Waals surface area contributed by atoms with Crippen LogP contribution in [0.3, 0.4) is 0 Å². The lowest BCUT2D eigenvalue weighted by Crippen LogP contribution is -2.82. The van der Waals surface area contributed by atoms with Crippen molar-refractivity contribution < 1.29 is 11.2 Å². The second-order valence-electron chi connectivity index (χ2n) is 8.12. The van der Waals surface area contributed by atoms with Crippen LogP contribution in [0.4, 0.5) is 0 Å². The lowest BCUT2D eigenvalue weighted by atomic mass is 9.57. The number of rotatable bonds is 3. The van der Waals surface area contributed by atoms with Gasteiger partial charge in [0.2, 0.25) is 0 Å². The van der Waals surface area contributed by atoms with E-state index in [1.54, 1.807) is 0 Å². The molecule has 0 atom stereocenters. The molecule has 0 saturated heterocycles. The van der Waals surface area contributed by atoms with E-state index in [2.05, 4.69) is 0 Å². The molecule has 21 heavy (non-hydrogen) atoms. The van der Waals surface area contributed by atoms with Gasteiger partial charge in [-0.2, -0.15) is 0 Å². The maximum atomic E-state index is 5.04. The molecule has 0 radical (unpaired) electrons. The Kier molecular flexibility index (Phi) is 6.55. The van der Waals surface area contributed by atoms with E-state index in [4.69, 9.17) is 5.73 Å². The van der Waals surface area contributed by atoms with Gasteiger partial charge in [0.05, 0.1) is 0 Å². The number of hydrogen-bond acceptors (Lipinski definition) is 1. The average Bonchev–Trinajstić information content (AvgIpc) is 2.56. The van der Waals surface area contributed by atoms with Crippen LogP contribution in [-0.4, -0.2) is 11.0 Å². The van der Waals surface area contributed by atoms with Gasteiger partial charge in [0, 0.05) is 17.8 Å². The summed E-state index contributed by atoms with van der Waals surface area (Å²) in [4.78, 5) is 0. The van der Waals surface area contributed by atoms with Crippen LogP contribution >= 0.6 is 0 Å². The van der Waals surface area contributed by atoms with Crippen molar-refractivity contribution >= 4 is 0 Å². The Balaban J connectivity index is 0.00000161. The molecule has 0 aromatic rings. The van der Waals surface area contributed by atoms with E-state index in [1.165, 1.54) is 96.3 Å². The van der Waals surface area contributed by atoms with E-state index >= 15 is 0 Å². The molecule has 0 heterocycles. The maximum absolute atomic E-state index is 5.04. The van der Waals surface area contributed by atoms with Gasteiger partial charge in [0.15, 0.2) is 0 Å². The molecule has 0 unspecified atom stereocenters. The Bertz CT molecular complexity index is 240. The van der Waals surface area contributed by atoms with Crippen LogP contribution in [0.5, 0.6) is 0 Å². The zero-order valence-corrected chi connectivity index (χ0v) is 14.0. The van der Waals surface area contributed by atoms with E-state index < -0.39 is 0 Å². The predicted molar refractivity (Wildman–Crippen MR) is 87.3 cm³/mol. The van der Waals surface area contributed by atoms with Gasteiger partial charge in [-0.3, -0.25) is 0 Å². The zero-order valence-electron chi connectivity index (χ0n) is 14.0. The molecule has 3 rings (SSSR count). The van der Waals surface area contributed by atoms with Crippen LogP contribution < -0.4 is 5.73 Å². The van der Waals surface area contributed by atoms with E-state index in [1.807, 2.05) is 0 Å². The van der Waals surface area contributed by atoms with Gasteiger partial charge < -0.3 is 11.2 Å². The van der Waals surface area contributed by atoms with Gasteiger partial charge in [-0.1, -0.05) is 57.8 Å². The van der Waals surface area contributed by atoms with Crippen LogP contribution in [0.2, 0.25) is 0 Å². The van der Waals surface area contributed by atoms with Crippen molar-refractivity contribution in [2.75, 3.05) is 0 Å². The largest absolute Gasteiger partial charge is 0.870 e. The van der Waals surface area contributed by atoms with Gasteiger partial charge in [-0.15, -0.1) is 0 Å². The van der Waals surface area contributed by atoms with Gasteiger partial charge in [-0.05, 0) is 38.5 Å². The Hall–Kier alpha value is -0.0800. The van der Waals surface area contributed by atoms with E-state index in [0.29, 0.717) is 5.54 Å². The lowest BCUT2D eigenvalue weighted by Gasteiger charge is -2.49. The van der Waals surface area contributed by atoms with Crippen LogP contribution in [0.15, 0.2) is 0 Å². The highest BCUT2D eigenvalue weighted by molar-refractivity contribution is 4.98. The molecular weight excluding hydrogens is 258 g/mol. The van der Waals surface area contributed by atoms with E-state index in [-0.39, 0.29) is 5.48 Å². The Morgan fingerprint density at radius 2 is 0.714 bits per heavy atom. The average molecular weight is 296 g/mol. The maximum Gasteiger partial charge on any atom is 0.103 e. The van der Waals surface area contributed by atoms with Crippen molar-refractivity contribution in [1.82, 2.24) is 0 Å². The third-order valence-corrected chi connectivity index (χ3v) is 7.10. The van der Waals surface area contributed by atoms with E-state index in [0.717, 1.165) is 17.8 Å². The summed E-state index contributed by atoms with van der Waals surface area (Å²) in [6.45, 7) is 0. The minimum Gasteiger partial charge on any atom is -0.870 e. The third-order valence-electron chi connectivity index (χ3n) is 7.10. The molecule has 0 aliphatic heterocycles. The number of hydrogen-bond donors (Lipinski definition) is 1. The second-order valence-corrected chi connectivity index (χ2v) is 8.12. The third kappa shape index (κ3) is 3.64. The van der Waals surface area contributed by atoms with Crippen LogP contribution in [-0.2, 0) is 0 Å². The molecule has 0 amide bonds. The normalized spacial score (nSPS) is 27.3. The number of quaternary nitrogens is 1. The Morgan fingerprint density at radius 3 is 0.952 bits per heavy atom. The quantitative estimate of drug-likeness (QED) is 0.817. The zero-order chi connectivity index (χ0) is 13.8. The SMILES string of the molecule is [NH3+]C(C1CCCCC1)(C1CCCCC1)C1CCCCC1.[OH-]. The monoisotopic (exact) mass is 295 g/mol. The molecular formula is C19H37NO. The summed E-state index contributed by atoms with van der Waals surface area (Å²) in [7, 11) is 0. The molecule has 0 aromatic heterocycles. The fourth-order valence-corrected chi connectivity index (χ4v) is 5.92. The molecule has 2 heteroatoms. The van der Waals surface area contributed by atoms with E-state index in [9.17, 15) is 0 Å². The lowest BCUT2D eigenvalue weighted by molar-refractivity contribution is -0.528. The first-order valence-corrected chi connectivity index (χ1v) is 9.67. The summed E-state index contributed by atoms with van der Waals surface area (Å²) in [5.74, 6) is 2.88. The van der Waals surface area contributed by atoms with Gasteiger partial charge in [0.1, 0.15) is 5.54 Å². The van der Waals surface area contributed by atoms with Crippen molar-refractivity contribution in [3.05, 3.63) is 0 Å². The summed E-state index contributed by atoms with van der Waals surface area (Å²) in [6, 6.07) is 0. The summed E-state index contributed by atoms with van der Waals surface area (Å²) >= 11 is 0.